The van der Waals surface area contributed by atoms with Gasteiger partial charge in [-0.2, -0.15) is 0 Å². The molecule has 0 atom stereocenters. The van der Waals surface area contributed by atoms with Crippen LogP contribution in [0.3, 0.4) is 0 Å². The van der Waals surface area contributed by atoms with E-state index in [0.717, 1.165) is 10.7 Å². The zero-order valence-corrected chi connectivity index (χ0v) is 11.9. The Morgan fingerprint density at radius 1 is 1.58 bits per heavy atom. The molecular formula is C13H17N3O2S. The lowest BCUT2D eigenvalue weighted by Gasteiger charge is -2.42. The molecule has 3 heterocycles. The summed E-state index contributed by atoms with van der Waals surface area (Å²) >= 11 is 1.58. The van der Waals surface area contributed by atoms with Gasteiger partial charge in [-0.3, -0.25) is 9.20 Å². The van der Waals surface area contributed by atoms with E-state index in [4.69, 9.17) is 4.74 Å². The van der Waals surface area contributed by atoms with E-state index in [0.29, 0.717) is 26.2 Å². The monoisotopic (exact) mass is 279 g/mol. The summed E-state index contributed by atoms with van der Waals surface area (Å²) in [5, 5.41) is 1.99. The first-order chi connectivity index (χ1) is 9.06. The molecule has 1 fully saturated rings. The second-order valence-corrected chi connectivity index (χ2v) is 6.29. The number of hydrogen-bond donors (Lipinski definition) is 0. The first-order valence-electron chi connectivity index (χ1n) is 6.35. The van der Waals surface area contributed by atoms with Crippen LogP contribution in [0.15, 0.2) is 17.8 Å². The highest BCUT2D eigenvalue weighted by Crippen LogP contribution is 2.20. The van der Waals surface area contributed by atoms with Crippen LogP contribution in [0, 0.1) is 0 Å². The smallest absolute Gasteiger partial charge is 0.229 e. The maximum atomic E-state index is 12.4. The van der Waals surface area contributed by atoms with Gasteiger partial charge in [0.25, 0.3) is 0 Å². The number of fused-ring (bicyclic) bond motifs is 1. The maximum absolute atomic E-state index is 12.4. The van der Waals surface area contributed by atoms with Crippen molar-refractivity contribution in [3.05, 3.63) is 23.5 Å². The molecule has 1 saturated heterocycles. The van der Waals surface area contributed by atoms with Crippen LogP contribution >= 0.6 is 11.3 Å². The molecule has 1 amide bonds. The van der Waals surface area contributed by atoms with Crippen LogP contribution in [0.2, 0.25) is 0 Å². The number of hydrogen-bond acceptors (Lipinski definition) is 4. The van der Waals surface area contributed by atoms with Gasteiger partial charge in [0.2, 0.25) is 5.91 Å². The van der Waals surface area contributed by atoms with Gasteiger partial charge in [-0.1, -0.05) is 0 Å². The third-order valence-electron chi connectivity index (χ3n) is 3.42. The van der Waals surface area contributed by atoms with Crippen LogP contribution in [-0.2, 0) is 16.0 Å². The standard InChI is InChI=1S/C13H17N3O2S/c1-13(2)9-18-5-3-16(13)11(17)7-10-8-15-4-6-19-12(15)14-10/h4,6,8H,3,5,7,9H2,1-2H3. The lowest BCUT2D eigenvalue weighted by Crippen LogP contribution is -2.55. The van der Waals surface area contributed by atoms with Gasteiger partial charge in [0.05, 0.1) is 30.9 Å². The Balaban J connectivity index is 1.75. The molecule has 2 aromatic rings. The van der Waals surface area contributed by atoms with Gasteiger partial charge >= 0.3 is 0 Å². The Labute approximate surface area is 115 Å². The minimum Gasteiger partial charge on any atom is -0.377 e. The fourth-order valence-electron chi connectivity index (χ4n) is 2.43. The number of amides is 1. The van der Waals surface area contributed by atoms with E-state index in [1.165, 1.54) is 0 Å². The van der Waals surface area contributed by atoms with E-state index in [1.807, 2.05) is 40.9 Å². The van der Waals surface area contributed by atoms with Gasteiger partial charge in [-0.05, 0) is 13.8 Å². The molecular weight excluding hydrogens is 262 g/mol. The topological polar surface area (TPSA) is 46.8 Å². The zero-order valence-electron chi connectivity index (χ0n) is 11.1. The van der Waals surface area contributed by atoms with Crippen molar-refractivity contribution in [2.75, 3.05) is 19.8 Å². The SMILES string of the molecule is CC1(C)COCCN1C(=O)Cc1cn2ccsc2n1. The molecule has 19 heavy (non-hydrogen) atoms. The van der Waals surface area contributed by atoms with Crippen LogP contribution in [0.5, 0.6) is 0 Å². The van der Waals surface area contributed by atoms with Crippen molar-refractivity contribution in [2.45, 2.75) is 25.8 Å². The molecule has 3 rings (SSSR count). The summed E-state index contributed by atoms with van der Waals surface area (Å²) in [6, 6.07) is 0. The summed E-state index contributed by atoms with van der Waals surface area (Å²) in [5.74, 6) is 0.124. The molecule has 0 N–H and O–H groups in total. The number of nitrogens with zero attached hydrogens (tertiary/aromatic N) is 3. The first-order valence-corrected chi connectivity index (χ1v) is 7.23. The van der Waals surface area contributed by atoms with Crippen molar-refractivity contribution >= 4 is 22.2 Å². The predicted molar refractivity (Wildman–Crippen MR) is 73.4 cm³/mol. The number of carbonyl (C=O) groups excluding carboxylic acids is 1. The predicted octanol–water partition coefficient (Wildman–Crippen LogP) is 1.58. The number of thiazole rings is 1. The van der Waals surface area contributed by atoms with Gasteiger partial charge in [0, 0.05) is 24.3 Å². The van der Waals surface area contributed by atoms with E-state index in [-0.39, 0.29) is 11.4 Å². The summed E-state index contributed by atoms with van der Waals surface area (Å²) in [6.45, 7) is 5.95. The molecule has 0 aliphatic carbocycles. The van der Waals surface area contributed by atoms with E-state index in [9.17, 15) is 4.79 Å². The molecule has 0 radical (unpaired) electrons. The molecule has 0 spiro atoms. The van der Waals surface area contributed by atoms with E-state index >= 15 is 0 Å². The highest BCUT2D eigenvalue weighted by atomic mass is 32.1. The molecule has 0 unspecified atom stereocenters. The van der Waals surface area contributed by atoms with Crippen molar-refractivity contribution in [1.82, 2.24) is 14.3 Å². The van der Waals surface area contributed by atoms with Crippen LogP contribution in [0.1, 0.15) is 19.5 Å². The van der Waals surface area contributed by atoms with Crippen molar-refractivity contribution in [3.63, 3.8) is 0 Å². The highest BCUT2D eigenvalue weighted by molar-refractivity contribution is 7.15. The highest BCUT2D eigenvalue weighted by Gasteiger charge is 2.34. The lowest BCUT2D eigenvalue weighted by molar-refractivity contribution is -0.145. The third kappa shape index (κ3) is 2.37. The minimum atomic E-state index is -0.230. The molecule has 0 bridgehead atoms. The zero-order chi connectivity index (χ0) is 13.5. The van der Waals surface area contributed by atoms with Crippen molar-refractivity contribution in [3.8, 4) is 0 Å². The fourth-order valence-corrected chi connectivity index (χ4v) is 3.15. The van der Waals surface area contributed by atoms with E-state index in [2.05, 4.69) is 4.98 Å². The third-order valence-corrected chi connectivity index (χ3v) is 4.19. The van der Waals surface area contributed by atoms with Gasteiger partial charge in [0.15, 0.2) is 4.96 Å². The van der Waals surface area contributed by atoms with Crippen LogP contribution in [-0.4, -0.2) is 45.5 Å². The molecule has 0 aromatic carbocycles. The quantitative estimate of drug-likeness (QED) is 0.838. The Bertz CT molecular complexity index is 573. The second-order valence-electron chi connectivity index (χ2n) is 5.41. The van der Waals surface area contributed by atoms with E-state index in [1.54, 1.807) is 11.3 Å². The number of carbonyl (C=O) groups is 1. The van der Waals surface area contributed by atoms with Gasteiger partial charge in [0.1, 0.15) is 0 Å². The molecule has 2 aromatic heterocycles. The van der Waals surface area contributed by atoms with Crippen molar-refractivity contribution in [2.24, 2.45) is 0 Å². The Hall–Kier alpha value is -1.40. The average Bonchev–Trinajstić information content (AvgIpc) is 2.88. The Morgan fingerprint density at radius 2 is 2.42 bits per heavy atom. The first kappa shape index (κ1) is 12.6. The minimum absolute atomic E-state index is 0.124. The van der Waals surface area contributed by atoms with Crippen LogP contribution in [0.4, 0.5) is 0 Å². The van der Waals surface area contributed by atoms with Gasteiger partial charge in [-0.15, -0.1) is 11.3 Å². The lowest BCUT2D eigenvalue weighted by atomic mass is 10.0. The summed E-state index contributed by atoms with van der Waals surface area (Å²) in [5.41, 5.74) is 0.603. The van der Waals surface area contributed by atoms with Gasteiger partial charge < -0.3 is 9.64 Å². The van der Waals surface area contributed by atoms with Crippen molar-refractivity contribution < 1.29 is 9.53 Å². The molecule has 0 saturated carbocycles. The maximum Gasteiger partial charge on any atom is 0.229 e. The van der Waals surface area contributed by atoms with Crippen LogP contribution < -0.4 is 0 Å². The van der Waals surface area contributed by atoms with Crippen molar-refractivity contribution in [1.29, 1.82) is 0 Å². The summed E-state index contributed by atoms with van der Waals surface area (Å²) in [6.07, 6.45) is 4.24. The molecule has 1 aliphatic rings. The summed E-state index contributed by atoms with van der Waals surface area (Å²) in [7, 11) is 0. The Kier molecular flexibility index (Phi) is 3.06. The molecule has 5 nitrogen and oxygen atoms in total. The second kappa shape index (κ2) is 4.61. The fraction of sp³-hybridized carbons (Fsp3) is 0.538. The number of rotatable bonds is 2. The number of ether oxygens (including phenoxy) is 1. The molecule has 1 aliphatic heterocycles. The number of imidazole rings is 1. The largest absolute Gasteiger partial charge is 0.377 e. The normalized spacial score (nSPS) is 18.9. The summed E-state index contributed by atoms with van der Waals surface area (Å²) in [4.78, 5) is 19.7. The summed E-state index contributed by atoms with van der Waals surface area (Å²) < 4.78 is 7.40. The number of morpholine rings is 1. The Morgan fingerprint density at radius 3 is 3.16 bits per heavy atom. The molecule has 6 heteroatoms. The van der Waals surface area contributed by atoms with Crippen LogP contribution in [0.25, 0.3) is 4.96 Å². The van der Waals surface area contributed by atoms with E-state index < -0.39 is 0 Å². The van der Waals surface area contributed by atoms with Gasteiger partial charge in [-0.25, -0.2) is 4.98 Å². The number of aromatic nitrogens is 2. The molecule has 102 valence electrons. The average molecular weight is 279 g/mol.